The summed E-state index contributed by atoms with van der Waals surface area (Å²) in [5, 5.41) is 25.8. The number of carboxylic acid groups (broad SMARTS) is 1. The Bertz CT molecular complexity index is 635. The number of rotatable bonds is 3. The number of hydrogen-bond acceptors (Lipinski definition) is 5. The molecule has 0 aromatic carbocycles. The van der Waals surface area contributed by atoms with Crippen molar-refractivity contribution in [2.75, 3.05) is 18.0 Å². The van der Waals surface area contributed by atoms with Crippen molar-refractivity contribution >= 4 is 17.6 Å². The maximum absolute atomic E-state index is 14.2. The van der Waals surface area contributed by atoms with Crippen molar-refractivity contribution in [2.24, 2.45) is 7.05 Å². The lowest BCUT2D eigenvalue weighted by atomic mass is 9.91. The first-order valence-electron chi connectivity index (χ1n) is 6.83. The Hall–Kier alpha value is -2.46. The molecule has 1 atom stereocenters. The molecule has 1 aliphatic rings. The maximum Gasteiger partial charge on any atom is 0.405 e. The average Bonchev–Trinajstić information content (AvgIpc) is 2.69. The lowest BCUT2D eigenvalue weighted by Gasteiger charge is -2.29. The summed E-state index contributed by atoms with van der Waals surface area (Å²) in [4.78, 5) is 22.4. The van der Waals surface area contributed by atoms with Crippen molar-refractivity contribution in [3.05, 3.63) is 16.3 Å². The normalized spacial score (nSPS) is 24.1. The van der Waals surface area contributed by atoms with Crippen molar-refractivity contribution < 1.29 is 23.6 Å². The summed E-state index contributed by atoms with van der Waals surface area (Å²) in [5.74, 6) is -3.24. The molecular formula is C12H17F2N5O4. The molecule has 128 valence electrons. The van der Waals surface area contributed by atoms with E-state index in [0.29, 0.717) is 0 Å². The van der Waals surface area contributed by atoms with Crippen LogP contribution in [0.1, 0.15) is 19.8 Å². The highest BCUT2D eigenvalue weighted by molar-refractivity contribution is 5.65. The summed E-state index contributed by atoms with van der Waals surface area (Å²) in [5.41, 5.74) is -1.68. The molecule has 9 nitrogen and oxygen atoms in total. The molecule has 2 N–H and O–H groups in total. The Morgan fingerprint density at radius 3 is 2.78 bits per heavy atom. The van der Waals surface area contributed by atoms with Crippen LogP contribution in [0.25, 0.3) is 0 Å². The van der Waals surface area contributed by atoms with Crippen LogP contribution < -0.4 is 10.2 Å². The van der Waals surface area contributed by atoms with E-state index >= 15 is 0 Å². The fourth-order valence-electron chi connectivity index (χ4n) is 2.92. The van der Waals surface area contributed by atoms with E-state index in [1.54, 1.807) is 0 Å². The standard InChI is InChI=1S/C12H17F2N5O4/c1-11(16-10(20)21)3-4-18(7-12(13,14)6-11)9-8(19(22)23)5-15-17(9)2/h5,16H,3-4,6-7H2,1-2H3,(H,20,21)/t11-/m0/s1. The summed E-state index contributed by atoms with van der Waals surface area (Å²) in [6.07, 6.45) is -0.984. The number of halogens is 2. The molecule has 2 heterocycles. The predicted molar refractivity (Wildman–Crippen MR) is 75.8 cm³/mol. The predicted octanol–water partition coefficient (Wildman–Crippen LogP) is 1.59. The van der Waals surface area contributed by atoms with Crippen molar-refractivity contribution in [2.45, 2.75) is 31.2 Å². The number of hydrogen-bond donors (Lipinski definition) is 2. The zero-order valence-corrected chi connectivity index (χ0v) is 12.6. The van der Waals surface area contributed by atoms with E-state index in [1.807, 2.05) is 0 Å². The highest BCUT2D eigenvalue weighted by atomic mass is 19.3. The SMILES string of the molecule is Cn1ncc([N+](=O)[O-])c1N1CC[C@](C)(NC(=O)O)CC(F)(F)C1. The van der Waals surface area contributed by atoms with E-state index in [-0.39, 0.29) is 24.5 Å². The molecule has 11 heteroatoms. The Kier molecular flexibility index (Phi) is 4.14. The van der Waals surface area contributed by atoms with Gasteiger partial charge in [0, 0.05) is 25.6 Å². The van der Waals surface area contributed by atoms with Gasteiger partial charge in [-0.3, -0.25) is 10.1 Å². The van der Waals surface area contributed by atoms with Gasteiger partial charge in [0.15, 0.2) is 0 Å². The Labute approximate surface area is 130 Å². The van der Waals surface area contributed by atoms with Gasteiger partial charge >= 0.3 is 11.8 Å². The number of nitrogens with one attached hydrogen (secondary N) is 1. The Morgan fingerprint density at radius 2 is 2.22 bits per heavy atom. The Morgan fingerprint density at radius 1 is 1.57 bits per heavy atom. The molecule has 0 radical (unpaired) electrons. The van der Waals surface area contributed by atoms with Crippen LogP contribution in [0.3, 0.4) is 0 Å². The van der Waals surface area contributed by atoms with Gasteiger partial charge in [0.25, 0.3) is 5.92 Å². The molecule has 0 aliphatic carbocycles. The van der Waals surface area contributed by atoms with E-state index in [2.05, 4.69) is 10.4 Å². The summed E-state index contributed by atoms with van der Waals surface area (Å²) in [6.45, 7) is 0.688. The third-order valence-electron chi connectivity index (χ3n) is 3.80. The molecule has 1 aliphatic heterocycles. The molecule has 1 amide bonds. The van der Waals surface area contributed by atoms with Crippen LogP contribution in [0.2, 0.25) is 0 Å². The number of carbonyl (C=O) groups is 1. The Balaban J connectivity index is 2.35. The second kappa shape index (κ2) is 5.63. The van der Waals surface area contributed by atoms with E-state index in [0.717, 1.165) is 6.20 Å². The van der Waals surface area contributed by atoms with Gasteiger partial charge in [0.05, 0.1) is 11.5 Å². The van der Waals surface area contributed by atoms with Crippen LogP contribution in [-0.4, -0.2) is 50.5 Å². The minimum Gasteiger partial charge on any atom is -0.465 e. The first-order valence-corrected chi connectivity index (χ1v) is 6.83. The number of aryl methyl sites for hydroxylation is 1. The lowest BCUT2D eigenvalue weighted by Crippen LogP contribution is -2.48. The van der Waals surface area contributed by atoms with Gasteiger partial charge in [-0.05, 0) is 13.3 Å². The summed E-state index contributed by atoms with van der Waals surface area (Å²) >= 11 is 0. The van der Waals surface area contributed by atoms with Crippen molar-refractivity contribution in [1.82, 2.24) is 15.1 Å². The molecule has 1 aromatic rings. The third-order valence-corrected chi connectivity index (χ3v) is 3.80. The number of aromatic nitrogens is 2. The van der Waals surface area contributed by atoms with Gasteiger partial charge in [0.1, 0.15) is 6.20 Å². The van der Waals surface area contributed by atoms with E-state index in [4.69, 9.17) is 5.11 Å². The highest BCUT2D eigenvalue weighted by Gasteiger charge is 2.46. The first-order chi connectivity index (χ1) is 10.5. The lowest BCUT2D eigenvalue weighted by molar-refractivity contribution is -0.384. The van der Waals surface area contributed by atoms with Crippen LogP contribution in [0.5, 0.6) is 0 Å². The van der Waals surface area contributed by atoms with Gasteiger partial charge in [0.2, 0.25) is 5.82 Å². The molecule has 1 saturated heterocycles. The molecule has 1 aromatic heterocycles. The number of alkyl halides is 2. The van der Waals surface area contributed by atoms with Crippen molar-refractivity contribution in [1.29, 1.82) is 0 Å². The van der Waals surface area contributed by atoms with Gasteiger partial charge in [-0.2, -0.15) is 5.10 Å². The molecule has 23 heavy (non-hydrogen) atoms. The minimum absolute atomic E-state index is 0.0192. The third kappa shape index (κ3) is 3.66. The van der Waals surface area contributed by atoms with Gasteiger partial charge in [-0.25, -0.2) is 18.3 Å². The van der Waals surface area contributed by atoms with Crippen LogP contribution in [0.15, 0.2) is 6.20 Å². The van der Waals surface area contributed by atoms with Crippen molar-refractivity contribution in [3.8, 4) is 0 Å². The summed E-state index contributed by atoms with van der Waals surface area (Å²) in [7, 11) is 1.43. The number of nitro groups is 1. The number of amides is 1. The van der Waals surface area contributed by atoms with Gasteiger partial charge < -0.3 is 15.3 Å². The van der Waals surface area contributed by atoms with Gasteiger partial charge in [-0.15, -0.1) is 0 Å². The number of anilines is 1. The molecule has 0 saturated carbocycles. The van der Waals surface area contributed by atoms with Crippen LogP contribution in [0.4, 0.5) is 25.1 Å². The summed E-state index contributed by atoms with van der Waals surface area (Å²) < 4.78 is 29.7. The monoisotopic (exact) mass is 333 g/mol. The zero-order chi connectivity index (χ0) is 17.4. The maximum atomic E-state index is 14.2. The van der Waals surface area contributed by atoms with Crippen LogP contribution in [0, 0.1) is 10.1 Å². The van der Waals surface area contributed by atoms with Gasteiger partial charge in [-0.1, -0.05) is 0 Å². The smallest absolute Gasteiger partial charge is 0.405 e. The van der Waals surface area contributed by atoms with E-state index < -0.39 is 35.4 Å². The first kappa shape index (κ1) is 16.9. The average molecular weight is 333 g/mol. The fraction of sp³-hybridized carbons (Fsp3) is 0.667. The molecule has 0 spiro atoms. The topological polar surface area (TPSA) is 114 Å². The molecular weight excluding hydrogens is 316 g/mol. The minimum atomic E-state index is -3.22. The number of nitrogens with zero attached hydrogens (tertiary/aromatic N) is 4. The highest BCUT2D eigenvalue weighted by Crippen LogP contribution is 2.37. The molecule has 0 unspecified atom stereocenters. The molecule has 1 fully saturated rings. The quantitative estimate of drug-likeness (QED) is 0.641. The summed E-state index contributed by atoms with van der Waals surface area (Å²) in [6, 6.07) is 0. The second-order valence-corrected chi connectivity index (χ2v) is 5.93. The van der Waals surface area contributed by atoms with Crippen LogP contribution >= 0.6 is 0 Å². The largest absolute Gasteiger partial charge is 0.465 e. The fourth-order valence-corrected chi connectivity index (χ4v) is 2.92. The molecule has 0 bridgehead atoms. The molecule has 2 rings (SSSR count). The van der Waals surface area contributed by atoms with E-state index in [9.17, 15) is 23.7 Å². The van der Waals surface area contributed by atoms with E-state index in [1.165, 1.54) is 23.6 Å². The van der Waals surface area contributed by atoms with Crippen molar-refractivity contribution in [3.63, 3.8) is 0 Å². The van der Waals surface area contributed by atoms with Crippen LogP contribution in [-0.2, 0) is 7.05 Å². The second-order valence-electron chi connectivity index (χ2n) is 5.93. The zero-order valence-electron chi connectivity index (χ0n) is 12.6.